The lowest BCUT2D eigenvalue weighted by Gasteiger charge is -2.06. The lowest BCUT2D eigenvalue weighted by atomic mass is 10.2. The zero-order valence-electron chi connectivity index (χ0n) is 10.7. The zero-order valence-corrected chi connectivity index (χ0v) is 11.5. The van der Waals surface area contributed by atoms with E-state index in [9.17, 15) is 4.21 Å². The first kappa shape index (κ1) is 13.7. The van der Waals surface area contributed by atoms with Crippen molar-refractivity contribution < 1.29 is 8.95 Å². The highest BCUT2D eigenvalue weighted by molar-refractivity contribution is 7.84. The summed E-state index contributed by atoms with van der Waals surface area (Å²) in [5, 5.41) is 0. The first-order chi connectivity index (χ1) is 9.22. The van der Waals surface area contributed by atoms with Crippen molar-refractivity contribution in [1.82, 2.24) is 4.98 Å². The molecule has 1 atom stereocenters. The number of ether oxygens (including phenoxy) is 1. The van der Waals surface area contributed by atoms with Gasteiger partial charge in [0.1, 0.15) is 5.75 Å². The lowest BCUT2D eigenvalue weighted by Crippen LogP contribution is -2.02. The molecule has 2 N–H and O–H groups in total. The van der Waals surface area contributed by atoms with Crippen LogP contribution in [0.25, 0.3) is 0 Å². The summed E-state index contributed by atoms with van der Waals surface area (Å²) in [5.74, 6) is 1.16. The standard InChI is InChI=1S/C14H16N2O2S/c1-18-13-3-2-4-14(8-13)19(17)10-11-5-6-16-12(7-11)9-15/h2-8H,9-10,15H2,1H3. The number of pyridine rings is 1. The number of hydrogen-bond donors (Lipinski definition) is 1. The summed E-state index contributed by atoms with van der Waals surface area (Å²) in [6.45, 7) is 0.389. The van der Waals surface area contributed by atoms with E-state index >= 15 is 0 Å². The minimum absolute atomic E-state index is 0.389. The molecule has 0 fully saturated rings. The van der Waals surface area contributed by atoms with Crippen molar-refractivity contribution in [2.45, 2.75) is 17.2 Å². The van der Waals surface area contributed by atoms with E-state index in [1.807, 2.05) is 30.3 Å². The summed E-state index contributed by atoms with van der Waals surface area (Å²) in [5.41, 5.74) is 7.32. The van der Waals surface area contributed by atoms with Crippen LogP contribution in [0.4, 0.5) is 0 Å². The Morgan fingerprint density at radius 3 is 2.89 bits per heavy atom. The van der Waals surface area contributed by atoms with Crippen LogP contribution < -0.4 is 10.5 Å². The largest absolute Gasteiger partial charge is 0.497 e. The smallest absolute Gasteiger partial charge is 0.120 e. The number of rotatable bonds is 5. The molecule has 2 rings (SSSR count). The summed E-state index contributed by atoms with van der Waals surface area (Å²) >= 11 is 0. The molecular weight excluding hydrogens is 260 g/mol. The minimum atomic E-state index is -1.11. The number of aromatic nitrogens is 1. The SMILES string of the molecule is COc1cccc(S(=O)Cc2ccnc(CN)c2)c1. The van der Waals surface area contributed by atoms with Gasteiger partial charge in [-0.1, -0.05) is 6.07 Å². The molecule has 1 aromatic carbocycles. The van der Waals surface area contributed by atoms with Crippen LogP contribution in [-0.4, -0.2) is 16.3 Å². The second-order valence-electron chi connectivity index (χ2n) is 4.03. The molecule has 0 saturated heterocycles. The molecule has 1 aromatic heterocycles. The van der Waals surface area contributed by atoms with Gasteiger partial charge in [0.2, 0.25) is 0 Å². The van der Waals surface area contributed by atoms with Crippen LogP contribution in [0, 0.1) is 0 Å². The highest BCUT2D eigenvalue weighted by Gasteiger charge is 2.07. The molecule has 0 spiro atoms. The van der Waals surface area contributed by atoms with Gasteiger partial charge in [0.05, 0.1) is 29.4 Å². The summed E-state index contributed by atoms with van der Waals surface area (Å²) in [4.78, 5) is 4.88. The van der Waals surface area contributed by atoms with Crippen LogP contribution in [0.5, 0.6) is 5.75 Å². The van der Waals surface area contributed by atoms with Crippen molar-refractivity contribution in [3.05, 3.63) is 53.9 Å². The second-order valence-corrected chi connectivity index (χ2v) is 5.48. The molecule has 5 heteroatoms. The second kappa shape index (κ2) is 6.45. The van der Waals surface area contributed by atoms with Crippen molar-refractivity contribution in [2.24, 2.45) is 5.73 Å². The molecule has 0 aliphatic rings. The molecule has 100 valence electrons. The Balaban J connectivity index is 2.15. The Hall–Kier alpha value is -1.72. The maximum Gasteiger partial charge on any atom is 0.120 e. The maximum atomic E-state index is 12.3. The Labute approximate surface area is 115 Å². The number of nitrogens with two attached hydrogens (primary N) is 1. The first-order valence-electron chi connectivity index (χ1n) is 5.89. The normalized spacial score (nSPS) is 12.1. The van der Waals surface area contributed by atoms with E-state index in [4.69, 9.17) is 10.5 Å². The van der Waals surface area contributed by atoms with Crippen LogP contribution in [0.15, 0.2) is 47.5 Å². The van der Waals surface area contributed by atoms with Gasteiger partial charge < -0.3 is 10.5 Å². The monoisotopic (exact) mass is 276 g/mol. The van der Waals surface area contributed by atoms with Gasteiger partial charge in [-0.3, -0.25) is 9.19 Å². The van der Waals surface area contributed by atoms with Crippen molar-refractivity contribution in [2.75, 3.05) is 7.11 Å². The molecule has 0 aliphatic carbocycles. The van der Waals surface area contributed by atoms with Crippen LogP contribution in [0.2, 0.25) is 0 Å². The number of nitrogens with zero attached hydrogens (tertiary/aromatic N) is 1. The molecule has 2 aromatic rings. The molecular formula is C14H16N2O2S. The van der Waals surface area contributed by atoms with E-state index in [-0.39, 0.29) is 0 Å². The van der Waals surface area contributed by atoms with Gasteiger partial charge in [-0.05, 0) is 35.9 Å². The van der Waals surface area contributed by atoms with E-state index in [1.165, 1.54) is 0 Å². The van der Waals surface area contributed by atoms with Crippen LogP contribution >= 0.6 is 0 Å². The summed E-state index contributed by atoms with van der Waals surface area (Å²) < 4.78 is 17.4. The predicted molar refractivity (Wildman–Crippen MR) is 75.2 cm³/mol. The number of hydrogen-bond acceptors (Lipinski definition) is 4. The molecule has 0 saturated carbocycles. The van der Waals surface area contributed by atoms with Crippen LogP contribution in [0.3, 0.4) is 0 Å². The quantitative estimate of drug-likeness (QED) is 0.905. The van der Waals surface area contributed by atoms with Gasteiger partial charge in [0.15, 0.2) is 0 Å². The number of benzene rings is 1. The van der Waals surface area contributed by atoms with Crippen molar-refractivity contribution in [3.63, 3.8) is 0 Å². The van der Waals surface area contributed by atoms with Crippen molar-refractivity contribution in [3.8, 4) is 5.75 Å². The summed E-state index contributed by atoms with van der Waals surface area (Å²) in [7, 11) is 0.491. The predicted octanol–water partition coefficient (Wildman–Crippen LogP) is 1.86. The number of methoxy groups -OCH3 is 1. The van der Waals surface area contributed by atoms with Gasteiger partial charge in [0.25, 0.3) is 0 Å². The Kier molecular flexibility index (Phi) is 4.65. The fourth-order valence-corrected chi connectivity index (χ4v) is 2.83. The van der Waals surface area contributed by atoms with Gasteiger partial charge >= 0.3 is 0 Å². The van der Waals surface area contributed by atoms with E-state index in [2.05, 4.69) is 4.98 Å². The molecule has 19 heavy (non-hydrogen) atoms. The summed E-state index contributed by atoms with van der Waals surface area (Å²) in [6.07, 6.45) is 1.69. The molecule has 0 aliphatic heterocycles. The molecule has 0 radical (unpaired) electrons. The lowest BCUT2D eigenvalue weighted by molar-refractivity contribution is 0.413. The van der Waals surface area contributed by atoms with E-state index in [0.29, 0.717) is 18.0 Å². The van der Waals surface area contributed by atoms with Gasteiger partial charge in [-0.15, -0.1) is 0 Å². The maximum absolute atomic E-state index is 12.3. The average molecular weight is 276 g/mol. The molecule has 0 bridgehead atoms. The molecule has 0 amide bonds. The highest BCUT2D eigenvalue weighted by Crippen LogP contribution is 2.18. The van der Waals surface area contributed by atoms with Crippen LogP contribution in [0.1, 0.15) is 11.3 Å². The molecule has 4 nitrogen and oxygen atoms in total. The Morgan fingerprint density at radius 2 is 2.16 bits per heavy atom. The van der Waals surface area contributed by atoms with E-state index in [1.54, 1.807) is 19.4 Å². The van der Waals surface area contributed by atoms with E-state index < -0.39 is 10.8 Å². The van der Waals surface area contributed by atoms with Gasteiger partial charge in [-0.25, -0.2) is 0 Å². The highest BCUT2D eigenvalue weighted by atomic mass is 32.2. The van der Waals surface area contributed by atoms with Crippen molar-refractivity contribution in [1.29, 1.82) is 0 Å². The molecule has 1 unspecified atom stereocenters. The first-order valence-corrected chi connectivity index (χ1v) is 7.21. The fourth-order valence-electron chi connectivity index (χ4n) is 1.71. The summed E-state index contributed by atoms with van der Waals surface area (Å²) in [6, 6.07) is 11.0. The average Bonchev–Trinajstić information content (AvgIpc) is 2.47. The fraction of sp³-hybridized carbons (Fsp3) is 0.214. The van der Waals surface area contributed by atoms with Gasteiger partial charge in [0, 0.05) is 17.6 Å². The molecule has 1 heterocycles. The topological polar surface area (TPSA) is 65.2 Å². The zero-order chi connectivity index (χ0) is 13.7. The Bertz CT molecular complexity index is 587. The third-order valence-electron chi connectivity index (χ3n) is 2.69. The van der Waals surface area contributed by atoms with E-state index in [0.717, 1.165) is 16.2 Å². The van der Waals surface area contributed by atoms with Crippen LogP contribution in [-0.2, 0) is 23.1 Å². The Morgan fingerprint density at radius 1 is 1.32 bits per heavy atom. The minimum Gasteiger partial charge on any atom is -0.497 e. The van der Waals surface area contributed by atoms with Gasteiger partial charge in [-0.2, -0.15) is 0 Å². The third-order valence-corrected chi connectivity index (χ3v) is 4.07. The van der Waals surface area contributed by atoms with Crippen molar-refractivity contribution >= 4 is 10.8 Å². The third kappa shape index (κ3) is 3.62.